The Morgan fingerprint density at radius 1 is 1.43 bits per heavy atom. The highest BCUT2D eigenvalue weighted by atomic mass is 35.5. The lowest BCUT2D eigenvalue weighted by Crippen LogP contribution is -2.28. The van der Waals surface area contributed by atoms with Gasteiger partial charge in [0.25, 0.3) is 5.91 Å². The van der Waals surface area contributed by atoms with Gasteiger partial charge in [-0.3, -0.25) is 4.79 Å². The van der Waals surface area contributed by atoms with E-state index in [1.807, 2.05) is 0 Å². The zero-order valence-electron chi connectivity index (χ0n) is 12.9. The highest BCUT2D eigenvalue weighted by molar-refractivity contribution is 6.33. The molecule has 0 radical (unpaired) electrons. The van der Waals surface area contributed by atoms with E-state index in [-0.39, 0.29) is 5.91 Å². The minimum atomic E-state index is -0.213. The smallest absolute Gasteiger partial charge is 0.253 e. The Labute approximate surface area is 131 Å². The van der Waals surface area contributed by atoms with Crippen molar-refractivity contribution in [3.05, 3.63) is 22.8 Å². The number of nitrogens with one attached hydrogen (secondary N) is 2. The van der Waals surface area contributed by atoms with Crippen molar-refractivity contribution < 1.29 is 9.53 Å². The van der Waals surface area contributed by atoms with E-state index in [0.29, 0.717) is 42.1 Å². The maximum Gasteiger partial charge on any atom is 0.253 e. The average molecular weight is 314 g/mol. The summed E-state index contributed by atoms with van der Waals surface area (Å²) in [6.45, 7) is 8.68. The summed E-state index contributed by atoms with van der Waals surface area (Å²) in [6, 6.07) is 1.67. The zero-order valence-corrected chi connectivity index (χ0v) is 13.7. The summed E-state index contributed by atoms with van der Waals surface area (Å²) in [6.07, 6.45) is 2.47. The number of carbonyl (C=O) groups is 1. The van der Waals surface area contributed by atoms with Crippen molar-refractivity contribution in [2.24, 2.45) is 5.92 Å². The molecule has 0 spiro atoms. The minimum Gasteiger partial charge on any atom is -0.379 e. The molecule has 2 N–H and O–H groups in total. The van der Waals surface area contributed by atoms with E-state index in [1.165, 1.54) is 6.20 Å². The van der Waals surface area contributed by atoms with Crippen LogP contribution in [0.25, 0.3) is 0 Å². The number of hydrogen-bond acceptors (Lipinski definition) is 4. The second-order valence-corrected chi connectivity index (χ2v) is 5.61. The van der Waals surface area contributed by atoms with Gasteiger partial charge < -0.3 is 15.4 Å². The fourth-order valence-corrected chi connectivity index (χ4v) is 1.80. The number of anilines is 1. The molecule has 1 aromatic rings. The van der Waals surface area contributed by atoms with Crippen LogP contribution in [0.15, 0.2) is 12.3 Å². The highest BCUT2D eigenvalue weighted by Crippen LogP contribution is 2.17. The molecule has 0 saturated heterocycles. The van der Waals surface area contributed by atoms with E-state index in [1.54, 1.807) is 6.07 Å². The first-order valence-electron chi connectivity index (χ1n) is 7.30. The van der Waals surface area contributed by atoms with Crippen LogP contribution in [-0.2, 0) is 4.74 Å². The van der Waals surface area contributed by atoms with Crippen molar-refractivity contribution >= 4 is 23.3 Å². The number of ether oxygens (including phenoxy) is 1. The van der Waals surface area contributed by atoms with E-state index >= 15 is 0 Å². The Kier molecular flexibility index (Phi) is 8.08. The Bertz CT molecular complexity index is 453. The number of amides is 1. The van der Waals surface area contributed by atoms with Crippen LogP contribution in [0, 0.1) is 5.92 Å². The van der Waals surface area contributed by atoms with Crippen molar-refractivity contribution in [3.63, 3.8) is 0 Å². The van der Waals surface area contributed by atoms with Gasteiger partial charge >= 0.3 is 0 Å². The van der Waals surface area contributed by atoms with E-state index in [2.05, 4.69) is 36.4 Å². The van der Waals surface area contributed by atoms with Gasteiger partial charge in [-0.2, -0.15) is 0 Å². The van der Waals surface area contributed by atoms with Crippen LogP contribution in [0.5, 0.6) is 0 Å². The monoisotopic (exact) mass is 313 g/mol. The van der Waals surface area contributed by atoms with Crippen molar-refractivity contribution in [1.29, 1.82) is 0 Å². The topological polar surface area (TPSA) is 63.2 Å². The molecule has 0 saturated carbocycles. The summed E-state index contributed by atoms with van der Waals surface area (Å²) in [5.74, 6) is 0.931. The third-order valence-corrected chi connectivity index (χ3v) is 2.94. The van der Waals surface area contributed by atoms with Gasteiger partial charge in [-0.15, -0.1) is 0 Å². The summed E-state index contributed by atoms with van der Waals surface area (Å²) in [7, 11) is 0. The largest absolute Gasteiger partial charge is 0.379 e. The molecule has 0 aliphatic carbocycles. The number of halogens is 1. The van der Waals surface area contributed by atoms with Gasteiger partial charge in [-0.1, -0.05) is 32.4 Å². The second kappa shape index (κ2) is 9.58. The molecule has 0 fully saturated rings. The first kappa shape index (κ1) is 17.7. The Morgan fingerprint density at radius 3 is 2.86 bits per heavy atom. The number of aromatic nitrogens is 1. The van der Waals surface area contributed by atoms with E-state index in [4.69, 9.17) is 16.3 Å². The first-order chi connectivity index (χ1) is 10.0. The van der Waals surface area contributed by atoms with Gasteiger partial charge in [-0.05, 0) is 18.4 Å². The molecule has 1 heterocycles. The predicted molar refractivity (Wildman–Crippen MR) is 86.0 cm³/mol. The first-order valence-corrected chi connectivity index (χ1v) is 7.67. The number of hydrogen-bond donors (Lipinski definition) is 2. The van der Waals surface area contributed by atoms with Gasteiger partial charge in [0.2, 0.25) is 0 Å². The fraction of sp³-hybridized carbons (Fsp3) is 0.600. The second-order valence-electron chi connectivity index (χ2n) is 5.20. The van der Waals surface area contributed by atoms with E-state index in [9.17, 15) is 4.79 Å². The van der Waals surface area contributed by atoms with Gasteiger partial charge in [-0.25, -0.2) is 4.98 Å². The molecule has 0 bridgehead atoms. The Hall–Kier alpha value is -1.33. The molecule has 0 aromatic carbocycles. The molecule has 5 nitrogen and oxygen atoms in total. The molecule has 0 aliphatic heterocycles. The summed E-state index contributed by atoms with van der Waals surface area (Å²) < 4.78 is 5.42. The van der Waals surface area contributed by atoms with Crippen molar-refractivity contribution in [2.75, 3.05) is 31.6 Å². The molecule has 21 heavy (non-hydrogen) atoms. The molecule has 1 amide bonds. The number of rotatable bonds is 9. The Morgan fingerprint density at radius 2 is 2.19 bits per heavy atom. The predicted octanol–water partition coefficient (Wildman–Crippen LogP) is 2.96. The van der Waals surface area contributed by atoms with Gasteiger partial charge in [0.15, 0.2) is 0 Å². The van der Waals surface area contributed by atoms with Gasteiger partial charge in [0.05, 0.1) is 17.2 Å². The van der Waals surface area contributed by atoms with Crippen molar-refractivity contribution in [1.82, 2.24) is 10.3 Å². The fourth-order valence-electron chi connectivity index (χ4n) is 1.61. The highest BCUT2D eigenvalue weighted by Gasteiger charge is 2.11. The lowest BCUT2D eigenvalue weighted by molar-refractivity contribution is 0.0886. The summed E-state index contributed by atoms with van der Waals surface area (Å²) in [5.41, 5.74) is 0.425. The number of nitrogens with zero attached hydrogens (tertiary/aromatic N) is 1. The van der Waals surface area contributed by atoms with Gasteiger partial charge in [0.1, 0.15) is 5.82 Å². The molecule has 1 aromatic heterocycles. The summed E-state index contributed by atoms with van der Waals surface area (Å²) >= 11 is 6.02. The molecular weight excluding hydrogens is 290 g/mol. The van der Waals surface area contributed by atoms with Crippen molar-refractivity contribution in [3.8, 4) is 0 Å². The van der Waals surface area contributed by atoms with Crippen LogP contribution in [0.1, 0.15) is 37.6 Å². The molecule has 0 aliphatic rings. The molecule has 6 heteroatoms. The number of pyridine rings is 1. The standard InChI is InChI=1S/C15H24ClN3O2/c1-4-5-17-14-8-12(13(16)9-19-14)15(20)18-6-7-21-10-11(2)3/h8-9,11H,4-7,10H2,1-3H3,(H,17,19)(H,18,20). The van der Waals surface area contributed by atoms with Crippen LogP contribution < -0.4 is 10.6 Å². The molecule has 118 valence electrons. The lowest BCUT2D eigenvalue weighted by Gasteiger charge is -2.10. The minimum absolute atomic E-state index is 0.213. The van der Waals surface area contributed by atoms with Gasteiger partial charge in [0, 0.05) is 25.9 Å². The molecule has 0 unspecified atom stereocenters. The maximum atomic E-state index is 12.1. The van der Waals surface area contributed by atoms with Crippen LogP contribution in [0.4, 0.5) is 5.82 Å². The third-order valence-electron chi connectivity index (χ3n) is 2.64. The third kappa shape index (κ3) is 6.78. The van der Waals surface area contributed by atoms with Crippen LogP contribution in [-0.4, -0.2) is 37.2 Å². The van der Waals surface area contributed by atoms with Crippen LogP contribution in [0.2, 0.25) is 5.02 Å². The average Bonchev–Trinajstić information content (AvgIpc) is 2.45. The van der Waals surface area contributed by atoms with E-state index in [0.717, 1.165) is 13.0 Å². The molecular formula is C15H24ClN3O2. The lowest BCUT2D eigenvalue weighted by atomic mass is 10.2. The van der Waals surface area contributed by atoms with Crippen LogP contribution in [0.3, 0.4) is 0 Å². The Balaban J connectivity index is 2.48. The maximum absolute atomic E-state index is 12.1. The summed E-state index contributed by atoms with van der Waals surface area (Å²) in [4.78, 5) is 16.2. The SMILES string of the molecule is CCCNc1cc(C(=O)NCCOCC(C)C)c(Cl)cn1. The number of carbonyl (C=O) groups excluding carboxylic acids is 1. The molecule has 0 atom stereocenters. The normalized spacial score (nSPS) is 10.7. The summed E-state index contributed by atoms with van der Waals surface area (Å²) in [5, 5.41) is 6.27. The molecule has 1 rings (SSSR count). The van der Waals surface area contributed by atoms with Crippen LogP contribution >= 0.6 is 11.6 Å². The quantitative estimate of drug-likeness (QED) is 0.688. The van der Waals surface area contributed by atoms with Crippen molar-refractivity contribution in [2.45, 2.75) is 27.2 Å². The van der Waals surface area contributed by atoms with E-state index < -0.39 is 0 Å². The zero-order chi connectivity index (χ0) is 15.7.